The van der Waals surface area contributed by atoms with E-state index in [1.807, 2.05) is 18.7 Å². The fourth-order valence-electron chi connectivity index (χ4n) is 1.76. The smallest absolute Gasteiger partial charge is 0.357 e. The highest BCUT2D eigenvalue weighted by atomic mass is 32.2. The Morgan fingerprint density at radius 1 is 1.65 bits per heavy atom. The van der Waals surface area contributed by atoms with E-state index in [4.69, 9.17) is 0 Å². The van der Waals surface area contributed by atoms with Gasteiger partial charge >= 0.3 is 5.97 Å². The van der Waals surface area contributed by atoms with Crippen LogP contribution < -0.4 is 5.32 Å². The average molecular weight is 272 g/mol. The second-order valence-corrected chi connectivity index (χ2v) is 6.54. The van der Waals surface area contributed by atoms with Gasteiger partial charge in [0.2, 0.25) is 0 Å². The largest absolute Gasteiger partial charge is 0.464 e. The summed E-state index contributed by atoms with van der Waals surface area (Å²) in [6.07, 6.45) is 2.58. The zero-order valence-electron chi connectivity index (χ0n) is 9.99. The van der Waals surface area contributed by atoms with Crippen molar-refractivity contribution < 1.29 is 9.53 Å². The molecule has 1 fully saturated rings. The van der Waals surface area contributed by atoms with E-state index in [9.17, 15) is 4.79 Å². The normalized spacial score (nSPS) is 19.3. The zero-order chi connectivity index (χ0) is 12.3. The van der Waals surface area contributed by atoms with Crippen LogP contribution in [0.15, 0.2) is 0 Å². The first-order valence-electron chi connectivity index (χ1n) is 5.62. The van der Waals surface area contributed by atoms with Crippen LogP contribution in [0.1, 0.15) is 28.2 Å². The van der Waals surface area contributed by atoms with Gasteiger partial charge in [-0.15, -0.1) is 11.3 Å². The van der Waals surface area contributed by atoms with E-state index in [1.165, 1.54) is 37.0 Å². The number of methoxy groups -OCH3 is 1. The first kappa shape index (κ1) is 12.7. The third-order valence-electron chi connectivity index (χ3n) is 2.68. The molecule has 1 aromatic rings. The maximum absolute atomic E-state index is 11.4. The highest BCUT2D eigenvalue weighted by Crippen LogP contribution is 2.28. The molecule has 94 valence electrons. The van der Waals surface area contributed by atoms with Crippen LogP contribution in [0.5, 0.6) is 0 Å². The molecule has 0 aliphatic carbocycles. The van der Waals surface area contributed by atoms with E-state index in [1.54, 1.807) is 0 Å². The van der Waals surface area contributed by atoms with Gasteiger partial charge in [0.1, 0.15) is 0 Å². The van der Waals surface area contributed by atoms with Crippen LogP contribution in [0.3, 0.4) is 0 Å². The van der Waals surface area contributed by atoms with Crippen LogP contribution in [0.2, 0.25) is 0 Å². The summed E-state index contributed by atoms with van der Waals surface area (Å²) in [5, 5.41) is 4.80. The Labute approximate surface area is 109 Å². The zero-order valence-corrected chi connectivity index (χ0v) is 11.6. The van der Waals surface area contributed by atoms with Crippen molar-refractivity contribution in [1.29, 1.82) is 0 Å². The second-order valence-electron chi connectivity index (χ2n) is 3.93. The summed E-state index contributed by atoms with van der Waals surface area (Å²) in [4.78, 5) is 16.6. The number of carbonyl (C=O) groups is 1. The minimum atomic E-state index is -0.359. The molecule has 1 aliphatic rings. The highest BCUT2D eigenvalue weighted by Gasteiger charge is 2.18. The lowest BCUT2D eigenvalue weighted by Gasteiger charge is -2.08. The van der Waals surface area contributed by atoms with Crippen LogP contribution in [0, 0.1) is 6.92 Å². The van der Waals surface area contributed by atoms with Crippen LogP contribution in [-0.2, 0) is 4.74 Å². The molecule has 0 saturated carbocycles. The summed E-state index contributed by atoms with van der Waals surface area (Å²) in [6, 6.07) is 0. The molecule has 0 amide bonds. The number of hydrogen-bond acceptors (Lipinski definition) is 6. The monoisotopic (exact) mass is 272 g/mol. The van der Waals surface area contributed by atoms with Gasteiger partial charge in [0.15, 0.2) is 10.8 Å². The summed E-state index contributed by atoms with van der Waals surface area (Å²) < 4.78 is 4.68. The molecule has 1 N–H and O–H groups in total. The first-order valence-corrected chi connectivity index (χ1v) is 7.48. The van der Waals surface area contributed by atoms with Gasteiger partial charge in [0.25, 0.3) is 0 Å². The summed E-state index contributed by atoms with van der Waals surface area (Å²) >= 11 is 3.52. The standard InChI is InChI=1S/C11H16N2O2S2/c1-7-9(10(14)15-2)13-11(17-7)12-6-8-4-3-5-16-8/h8H,3-6H2,1-2H3,(H,12,13). The van der Waals surface area contributed by atoms with Crippen molar-refractivity contribution in [1.82, 2.24) is 4.98 Å². The third-order valence-corrected chi connectivity index (χ3v) is 5.01. The molecular weight excluding hydrogens is 256 g/mol. The Morgan fingerprint density at radius 2 is 2.47 bits per heavy atom. The summed E-state index contributed by atoms with van der Waals surface area (Å²) in [5.74, 6) is 0.901. The van der Waals surface area contributed by atoms with E-state index in [2.05, 4.69) is 15.0 Å². The van der Waals surface area contributed by atoms with E-state index in [-0.39, 0.29) is 5.97 Å². The van der Waals surface area contributed by atoms with Crippen LogP contribution in [0.4, 0.5) is 5.13 Å². The number of thiazole rings is 1. The summed E-state index contributed by atoms with van der Waals surface area (Å²) in [7, 11) is 1.38. The molecule has 1 aromatic heterocycles. The minimum absolute atomic E-state index is 0.359. The van der Waals surface area contributed by atoms with Gasteiger partial charge < -0.3 is 10.1 Å². The molecule has 0 bridgehead atoms. The van der Waals surface area contributed by atoms with Crippen LogP contribution in [0.25, 0.3) is 0 Å². The molecule has 1 saturated heterocycles. The van der Waals surface area contributed by atoms with Crippen molar-refractivity contribution in [2.24, 2.45) is 0 Å². The van der Waals surface area contributed by atoms with Gasteiger partial charge in [-0.1, -0.05) is 0 Å². The number of esters is 1. The molecule has 0 radical (unpaired) electrons. The SMILES string of the molecule is COC(=O)c1nc(NCC2CCCS2)sc1C. The van der Waals surface area contributed by atoms with Crippen LogP contribution in [-0.4, -0.2) is 35.6 Å². The van der Waals surface area contributed by atoms with Gasteiger partial charge in [0.05, 0.1) is 7.11 Å². The first-order chi connectivity index (χ1) is 8.20. The van der Waals surface area contributed by atoms with E-state index in [0.717, 1.165) is 16.6 Å². The van der Waals surface area contributed by atoms with Crippen molar-refractivity contribution in [2.75, 3.05) is 24.7 Å². The molecule has 0 aromatic carbocycles. The minimum Gasteiger partial charge on any atom is -0.464 e. The molecule has 4 nitrogen and oxygen atoms in total. The topological polar surface area (TPSA) is 51.2 Å². The Balaban J connectivity index is 1.94. The second kappa shape index (κ2) is 5.73. The molecule has 1 unspecified atom stereocenters. The Kier molecular flexibility index (Phi) is 4.28. The van der Waals surface area contributed by atoms with E-state index < -0.39 is 0 Å². The number of thioether (sulfide) groups is 1. The van der Waals surface area contributed by atoms with Gasteiger partial charge in [-0.3, -0.25) is 0 Å². The molecular formula is C11H16N2O2S2. The number of aryl methyl sites for hydroxylation is 1. The number of carbonyl (C=O) groups excluding carboxylic acids is 1. The lowest BCUT2D eigenvalue weighted by Crippen LogP contribution is -2.13. The van der Waals surface area contributed by atoms with Crippen molar-refractivity contribution in [2.45, 2.75) is 25.0 Å². The number of nitrogens with one attached hydrogen (secondary N) is 1. The number of nitrogens with zero attached hydrogens (tertiary/aromatic N) is 1. The van der Waals surface area contributed by atoms with E-state index >= 15 is 0 Å². The van der Waals surface area contributed by atoms with Crippen molar-refractivity contribution in [3.8, 4) is 0 Å². The van der Waals surface area contributed by atoms with Crippen molar-refractivity contribution in [3.05, 3.63) is 10.6 Å². The van der Waals surface area contributed by atoms with Crippen molar-refractivity contribution in [3.63, 3.8) is 0 Å². The third kappa shape index (κ3) is 3.13. The average Bonchev–Trinajstić information content (AvgIpc) is 2.94. The van der Waals surface area contributed by atoms with Gasteiger partial charge in [-0.05, 0) is 25.5 Å². The fraction of sp³-hybridized carbons (Fsp3) is 0.636. The van der Waals surface area contributed by atoms with Gasteiger partial charge in [-0.2, -0.15) is 11.8 Å². The van der Waals surface area contributed by atoms with Gasteiger partial charge in [-0.25, -0.2) is 9.78 Å². The Morgan fingerprint density at radius 3 is 3.12 bits per heavy atom. The fourth-order valence-corrected chi connectivity index (χ4v) is 3.77. The number of rotatable bonds is 4. The molecule has 0 spiro atoms. The van der Waals surface area contributed by atoms with E-state index in [0.29, 0.717) is 10.9 Å². The highest BCUT2D eigenvalue weighted by molar-refractivity contribution is 8.00. The maximum Gasteiger partial charge on any atom is 0.357 e. The number of ether oxygens (including phenoxy) is 1. The molecule has 2 heterocycles. The summed E-state index contributed by atoms with van der Waals surface area (Å²) in [5.41, 5.74) is 0.430. The molecule has 2 rings (SSSR count). The Hall–Kier alpha value is -0.750. The van der Waals surface area contributed by atoms with Crippen LogP contribution >= 0.6 is 23.1 Å². The predicted molar refractivity (Wildman–Crippen MR) is 72.2 cm³/mol. The molecule has 1 atom stereocenters. The Bertz CT molecular complexity index is 400. The van der Waals surface area contributed by atoms with Crippen molar-refractivity contribution >= 4 is 34.2 Å². The van der Waals surface area contributed by atoms with Gasteiger partial charge in [0, 0.05) is 16.7 Å². The lowest BCUT2D eigenvalue weighted by molar-refractivity contribution is 0.0594. The molecule has 1 aliphatic heterocycles. The number of aromatic nitrogens is 1. The predicted octanol–water partition coefficient (Wildman–Crippen LogP) is 2.55. The number of anilines is 1. The summed E-state index contributed by atoms with van der Waals surface area (Å²) in [6.45, 7) is 2.82. The lowest BCUT2D eigenvalue weighted by atomic mass is 10.2. The quantitative estimate of drug-likeness (QED) is 0.854. The molecule has 17 heavy (non-hydrogen) atoms. The molecule has 6 heteroatoms. The number of hydrogen-bond donors (Lipinski definition) is 1. The maximum atomic E-state index is 11.4.